The summed E-state index contributed by atoms with van der Waals surface area (Å²) < 4.78 is 2.03. The first-order valence-corrected chi connectivity index (χ1v) is 10.6. The normalized spacial score (nSPS) is 20.3. The van der Waals surface area contributed by atoms with Gasteiger partial charge in [-0.3, -0.25) is 14.0 Å². The summed E-state index contributed by atoms with van der Waals surface area (Å²) in [7, 11) is 0. The molecule has 2 aliphatic heterocycles. The van der Waals surface area contributed by atoms with Crippen LogP contribution < -0.4 is 4.90 Å². The molecule has 3 aromatic rings. The first-order valence-electron chi connectivity index (χ1n) is 10.2. The third-order valence-corrected chi connectivity index (χ3v) is 6.34. The molecule has 0 unspecified atom stereocenters. The molecule has 0 spiro atoms. The van der Waals surface area contributed by atoms with Crippen LogP contribution in [-0.4, -0.2) is 50.9 Å². The van der Waals surface area contributed by atoms with Crippen LogP contribution in [0.3, 0.4) is 0 Å². The zero-order valence-corrected chi connectivity index (χ0v) is 17.2. The number of hydrogen-bond donors (Lipinski definition) is 0. The van der Waals surface area contributed by atoms with E-state index in [4.69, 9.17) is 11.6 Å². The van der Waals surface area contributed by atoms with Crippen LogP contribution in [0.5, 0.6) is 0 Å². The number of carbonyl (C=O) groups excluding carboxylic acids is 2. The quantitative estimate of drug-likeness (QED) is 0.648. The van der Waals surface area contributed by atoms with E-state index in [0.29, 0.717) is 24.7 Å². The first-order chi connectivity index (χ1) is 14.6. The van der Waals surface area contributed by atoms with E-state index in [-0.39, 0.29) is 30.1 Å². The second kappa shape index (κ2) is 7.72. The van der Waals surface area contributed by atoms with Crippen molar-refractivity contribution in [1.82, 2.24) is 19.5 Å². The van der Waals surface area contributed by atoms with E-state index in [1.54, 1.807) is 17.0 Å². The molecule has 1 atom stereocenters. The van der Waals surface area contributed by atoms with E-state index in [9.17, 15) is 9.59 Å². The molecule has 0 aliphatic carbocycles. The molecule has 0 N–H and O–H groups in total. The number of halogens is 1. The molecule has 5 rings (SSSR count). The van der Waals surface area contributed by atoms with Crippen molar-refractivity contribution >= 4 is 34.7 Å². The van der Waals surface area contributed by atoms with Crippen molar-refractivity contribution in [3.63, 3.8) is 0 Å². The van der Waals surface area contributed by atoms with Crippen LogP contribution in [-0.2, 0) is 9.59 Å². The lowest BCUT2D eigenvalue weighted by atomic mass is 9.94. The Kier molecular flexibility index (Phi) is 4.90. The van der Waals surface area contributed by atoms with Crippen LogP contribution in [0.1, 0.15) is 31.0 Å². The number of fused-ring (bicyclic) bond motifs is 1. The molecular formula is C22H22ClN5O2. The summed E-state index contributed by atoms with van der Waals surface area (Å²) in [5, 5.41) is 9.20. The van der Waals surface area contributed by atoms with E-state index in [0.717, 1.165) is 30.0 Å². The molecule has 30 heavy (non-hydrogen) atoms. The van der Waals surface area contributed by atoms with Crippen LogP contribution >= 0.6 is 11.6 Å². The second-order valence-electron chi connectivity index (χ2n) is 7.97. The highest BCUT2D eigenvalue weighted by Gasteiger charge is 2.38. The predicted molar refractivity (Wildman–Crippen MR) is 113 cm³/mol. The Labute approximate surface area is 179 Å². The maximum atomic E-state index is 13.1. The molecule has 1 aromatic carbocycles. The van der Waals surface area contributed by atoms with Gasteiger partial charge in [0.15, 0.2) is 5.65 Å². The fraction of sp³-hybridized carbons (Fsp3) is 0.364. The molecule has 2 aromatic heterocycles. The maximum Gasteiger partial charge on any atom is 0.228 e. The van der Waals surface area contributed by atoms with Gasteiger partial charge in [-0.05, 0) is 43.2 Å². The van der Waals surface area contributed by atoms with Gasteiger partial charge in [-0.2, -0.15) is 0 Å². The smallest absolute Gasteiger partial charge is 0.228 e. The van der Waals surface area contributed by atoms with Crippen molar-refractivity contribution in [3.8, 4) is 0 Å². The van der Waals surface area contributed by atoms with E-state index < -0.39 is 0 Å². The second-order valence-corrected chi connectivity index (χ2v) is 8.41. The number of nitrogens with zero attached hydrogens (tertiary/aromatic N) is 5. The summed E-state index contributed by atoms with van der Waals surface area (Å²) in [5.41, 5.74) is 1.59. The highest BCUT2D eigenvalue weighted by molar-refractivity contribution is 6.31. The average molecular weight is 424 g/mol. The Bertz CT molecular complexity index is 1110. The number of aromatic nitrogens is 3. The molecular weight excluding hydrogens is 402 g/mol. The molecule has 2 fully saturated rings. The first kappa shape index (κ1) is 19.1. The lowest BCUT2D eigenvalue weighted by Gasteiger charge is -2.32. The van der Waals surface area contributed by atoms with Crippen LogP contribution in [0.2, 0.25) is 5.02 Å². The van der Waals surface area contributed by atoms with Gasteiger partial charge < -0.3 is 9.80 Å². The molecule has 2 saturated heterocycles. The van der Waals surface area contributed by atoms with Gasteiger partial charge >= 0.3 is 0 Å². The van der Waals surface area contributed by atoms with E-state index in [2.05, 4.69) is 10.2 Å². The number of hydrogen-bond acceptors (Lipinski definition) is 4. The van der Waals surface area contributed by atoms with Crippen LogP contribution in [0, 0.1) is 5.92 Å². The van der Waals surface area contributed by atoms with E-state index in [1.165, 1.54) is 0 Å². The Morgan fingerprint density at radius 3 is 2.70 bits per heavy atom. The van der Waals surface area contributed by atoms with Crippen molar-refractivity contribution in [2.45, 2.75) is 25.2 Å². The zero-order valence-electron chi connectivity index (χ0n) is 16.4. The number of piperidine rings is 1. The number of anilines is 1. The summed E-state index contributed by atoms with van der Waals surface area (Å²) in [5.74, 6) is 0.973. The van der Waals surface area contributed by atoms with Crippen molar-refractivity contribution < 1.29 is 9.59 Å². The van der Waals surface area contributed by atoms with Crippen LogP contribution in [0.25, 0.3) is 5.65 Å². The summed E-state index contributed by atoms with van der Waals surface area (Å²) in [6.07, 6.45) is 3.93. The SMILES string of the molecule is O=C([C@H]1CC(=O)N(c2cccc(Cl)c2)C1)N1CCC(c2nnc3ccccn23)CC1. The van der Waals surface area contributed by atoms with Crippen molar-refractivity contribution in [2.24, 2.45) is 5.92 Å². The summed E-state index contributed by atoms with van der Waals surface area (Å²) in [6, 6.07) is 13.1. The van der Waals surface area contributed by atoms with Gasteiger partial charge in [0.1, 0.15) is 5.82 Å². The van der Waals surface area contributed by atoms with Gasteiger partial charge in [0.25, 0.3) is 0 Å². The van der Waals surface area contributed by atoms with Gasteiger partial charge in [-0.15, -0.1) is 10.2 Å². The Morgan fingerprint density at radius 1 is 1.07 bits per heavy atom. The average Bonchev–Trinajstić information content (AvgIpc) is 3.37. The minimum Gasteiger partial charge on any atom is -0.342 e. The Balaban J connectivity index is 1.23. The Hall–Kier alpha value is -2.93. The molecule has 0 bridgehead atoms. The molecule has 4 heterocycles. The van der Waals surface area contributed by atoms with Crippen molar-refractivity contribution in [3.05, 3.63) is 59.5 Å². The molecule has 154 valence electrons. The van der Waals surface area contributed by atoms with Crippen LogP contribution in [0.15, 0.2) is 48.7 Å². The zero-order chi connectivity index (χ0) is 20.7. The number of rotatable bonds is 3. The van der Waals surface area contributed by atoms with Crippen molar-refractivity contribution in [2.75, 3.05) is 24.5 Å². The minimum atomic E-state index is -0.304. The number of carbonyl (C=O) groups is 2. The molecule has 2 aliphatic rings. The number of benzene rings is 1. The summed E-state index contributed by atoms with van der Waals surface area (Å²) >= 11 is 6.06. The summed E-state index contributed by atoms with van der Waals surface area (Å²) in [4.78, 5) is 29.2. The lowest BCUT2D eigenvalue weighted by Crippen LogP contribution is -2.42. The van der Waals surface area contributed by atoms with E-state index in [1.807, 2.05) is 45.8 Å². The third kappa shape index (κ3) is 3.43. The minimum absolute atomic E-state index is 0.0274. The number of likely N-dealkylation sites (tertiary alicyclic amines) is 1. The molecule has 8 heteroatoms. The monoisotopic (exact) mass is 423 g/mol. The van der Waals surface area contributed by atoms with Crippen molar-refractivity contribution in [1.29, 1.82) is 0 Å². The van der Waals surface area contributed by atoms with Crippen LogP contribution in [0.4, 0.5) is 5.69 Å². The Morgan fingerprint density at radius 2 is 1.90 bits per heavy atom. The third-order valence-electron chi connectivity index (χ3n) is 6.11. The number of pyridine rings is 1. The molecule has 0 saturated carbocycles. The largest absolute Gasteiger partial charge is 0.342 e. The maximum absolute atomic E-state index is 13.1. The standard InChI is InChI=1S/C22H22ClN5O2/c23-17-4-3-5-18(13-17)28-14-16(12-20(28)29)22(30)26-10-7-15(8-11-26)21-25-24-19-6-1-2-9-27(19)21/h1-6,9,13,15-16H,7-8,10-12,14H2/t16-/m0/s1. The number of amides is 2. The highest BCUT2D eigenvalue weighted by atomic mass is 35.5. The lowest BCUT2D eigenvalue weighted by molar-refractivity contribution is -0.136. The molecule has 7 nitrogen and oxygen atoms in total. The fourth-order valence-electron chi connectivity index (χ4n) is 4.52. The van der Waals surface area contributed by atoms with Gasteiger partial charge in [0.2, 0.25) is 11.8 Å². The van der Waals surface area contributed by atoms with Gasteiger partial charge in [0, 0.05) is 48.9 Å². The van der Waals surface area contributed by atoms with Gasteiger partial charge in [-0.25, -0.2) is 0 Å². The van der Waals surface area contributed by atoms with E-state index >= 15 is 0 Å². The fourth-order valence-corrected chi connectivity index (χ4v) is 4.71. The van der Waals surface area contributed by atoms with Gasteiger partial charge in [-0.1, -0.05) is 23.7 Å². The summed E-state index contributed by atoms with van der Waals surface area (Å²) in [6.45, 7) is 1.76. The molecule has 0 radical (unpaired) electrons. The highest BCUT2D eigenvalue weighted by Crippen LogP contribution is 2.31. The topological polar surface area (TPSA) is 70.8 Å². The molecule has 2 amide bonds. The van der Waals surface area contributed by atoms with Gasteiger partial charge in [0.05, 0.1) is 5.92 Å². The predicted octanol–water partition coefficient (Wildman–Crippen LogP) is 3.14.